The van der Waals surface area contributed by atoms with E-state index >= 15 is 0 Å². The number of thioether (sulfide) groups is 1. The second-order valence-electron chi connectivity index (χ2n) is 6.72. The van der Waals surface area contributed by atoms with Crippen LogP contribution in [0.2, 0.25) is 0 Å². The van der Waals surface area contributed by atoms with Crippen LogP contribution < -0.4 is 10.6 Å². The highest BCUT2D eigenvalue weighted by molar-refractivity contribution is 8.19. The van der Waals surface area contributed by atoms with Crippen molar-refractivity contribution in [1.82, 2.24) is 5.32 Å². The molecule has 0 unspecified atom stereocenters. The Balaban J connectivity index is 1.60. The maximum absolute atomic E-state index is 12.9. The first-order valence-electron chi connectivity index (χ1n) is 9.23. The molecule has 0 radical (unpaired) electrons. The lowest BCUT2D eigenvalue weighted by atomic mass is 10.1. The van der Waals surface area contributed by atoms with E-state index in [0.29, 0.717) is 16.0 Å². The number of rotatable bonds is 4. The average Bonchev–Trinajstić information content (AvgIpc) is 3.06. The molecule has 1 aliphatic heterocycles. The maximum Gasteiger partial charge on any atom is 0.285 e. The molecule has 3 aromatic carbocycles. The topological polar surface area (TPSA) is 105 Å². The van der Waals surface area contributed by atoms with Crippen molar-refractivity contribution in [2.24, 2.45) is 4.40 Å². The monoisotopic (exact) mass is 451 g/mol. The molecule has 3 aromatic rings. The van der Waals surface area contributed by atoms with Gasteiger partial charge in [0.25, 0.3) is 15.9 Å². The fraction of sp³-hybridized carbons (Fsp3) is 0.0455. The fourth-order valence-electron chi connectivity index (χ4n) is 3.07. The average molecular weight is 452 g/mol. The molecule has 156 valence electrons. The lowest BCUT2D eigenvalue weighted by Gasteiger charge is -2.04. The first-order chi connectivity index (χ1) is 14.8. The Kier molecular flexibility index (Phi) is 5.62. The number of hydrogen-bond acceptors (Lipinski definition) is 5. The highest BCUT2D eigenvalue weighted by Crippen LogP contribution is 2.29. The lowest BCUT2D eigenvalue weighted by Crippen LogP contribution is -2.20. The first kappa shape index (κ1) is 20.8. The molecule has 2 N–H and O–H groups in total. The van der Waals surface area contributed by atoms with Crippen LogP contribution in [0.15, 0.2) is 80.9 Å². The summed E-state index contributed by atoms with van der Waals surface area (Å²) in [6.07, 6.45) is 1.63. The van der Waals surface area contributed by atoms with E-state index in [9.17, 15) is 18.0 Å². The summed E-state index contributed by atoms with van der Waals surface area (Å²) in [5.74, 6) is -0.604. The van der Waals surface area contributed by atoms with Gasteiger partial charge in [-0.05, 0) is 47.0 Å². The molecule has 1 heterocycles. The van der Waals surface area contributed by atoms with Gasteiger partial charge in [0, 0.05) is 18.0 Å². The van der Waals surface area contributed by atoms with Crippen molar-refractivity contribution in [3.05, 3.63) is 77.2 Å². The molecule has 7 nitrogen and oxygen atoms in total. The van der Waals surface area contributed by atoms with Crippen LogP contribution in [0, 0.1) is 0 Å². The van der Waals surface area contributed by atoms with Gasteiger partial charge in [-0.25, -0.2) is 0 Å². The summed E-state index contributed by atoms with van der Waals surface area (Å²) in [6.45, 7) is 1.42. The van der Waals surface area contributed by atoms with Gasteiger partial charge in [-0.3, -0.25) is 14.9 Å². The summed E-state index contributed by atoms with van der Waals surface area (Å²) in [5.41, 5.74) is 1.37. The molecule has 1 saturated heterocycles. The van der Waals surface area contributed by atoms with Crippen LogP contribution in [0.3, 0.4) is 0 Å². The minimum Gasteiger partial charge on any atom is -0.326 e. The number of amidine groups is 1. The summed E-state index contributed by atoms with van der Waals surface area (Å²) in [7, 11) is -4.02. The third kappa shape index (κ3) is 4.68. The third-order valence-electron chi connectivity index (χ3n) is 4.41. The van der Waals surface area contributed by atoms with Gasteiger partial charge in [0.2, 0.25) is 5.91 Å². The van der Waals surface area contributed by atoms with E-state index < -0.39 is 15.9 Å². The summed E-state index contributed by atoms with van der Waals surface area (Å²) in [4.78, 5) is 23.8. The van der Waals surface area contributed by atoms with E-state index in [1.54, 1.807) is 48.5 Å². The maximum atomic E-state index is 12.9. The molecule has 4 rings (SSSR count). The van der Waals surface area contributed by atoms with E-state index in [4.69, 9.17) is 0 Å². The van der Waals surface area contributed by atoms with Crippen LogP contribution in [-0.2, 0) is 19.6 Å². The van der Waals surface area contributed by atoms with Gasteiger partial charge in [-0.15, -0.1) is 4.40 Å². The van der Waals surface area contributed by atoms with Crippen molar-refractivity contribution in [3.8, 4) is 0 Å². The van der Waals surface area contributed by atoms with Gasteiger partial charge in [0.05, 0.1) is 9.80 Å². The van der Waals surface area contributed by atoms with Crippen molar-refractivity contribution >= 4 is 61.3 Å². The number of hydrogen-bond donors (Lipinski definition) is 2. The number of anilines is 1. The van der Waals surface area contributed by atoms with E-state index in [1.165, 1.54) is 13.0 Å². The zero-order chi connectivity index (χ0) is 22.0. The summed E-state index contributed by atoms with van der Waals surface area (Å²) >= 11 is 0.957. The zero-order valence-electron chi connectivity index (χ0n) is 16.3. The molecule has 0 aromatic heterocycles. The van der Waals surface area contributed by atoms with E-state index in [1.807, 2.05) is 18.2 Å². The molecule has 0 bridgehead atoms. The van der Waals surface area contributed by atoms with Crippen molar-refractivity contribution in [3.63, 3.8) is 0 Å². The van der Waals surface area contributed by atoms with Crippen molar-refractivity contribution in [2.75, 3.05) is 5.32 Å². The highest BCUT2D eigenvalue weighted by atomic mass is 32.2. The van der Waals surface area contributed by atoms with Crippen LogP contribution >= 0.6 is 11.8 Å². The highest BCUT2D eigenvalue weighted by Gasteiger charge is 2.27. The molecule has 0 saturated carbocycles. The third-order valence-corrected chi connectivity index (χ3v) is 6.77. The number of sulfonamides is 1. The second kappa shape index (κ2) is 8.37. The smallest absolute Gasteiger partial charge is 0.285 e. The molecule has 0 aliphatic carbocycles. The minimum atomic E-state index is -4.02. The van der Waals surface area contributed by atoms with Crippen molar-refractivity contribution in [1.29, 1.82) is 0 Å². The number of carbonyl (C=O) groups is 2. The SMILES string of the molecule is CC(=O)Nc1ccc(C=C2S/C(=N/S(=O)(=O)c3cccc4ccccc34)NC2=O)cc1. The summed E-state index contributed by atoms with van der Waals surface area (Å²) < 4.78 is 29.6. The predicted octanol–water partition coefficient (Wildman–Crippen LogP) is 3.75. The Hall–Kier alpha value is -3.43. The Morgan fingerprint density at radius 1 is 1.03 bits per heavy atom. The second-order valence-corrected chi connectivity index (χ2v) is 9.32. The summed E-state index contributed by atoms with van der Waals surface area (Å²) in [6, 6.07) is 19.0. The van der Waals surface area contributed by atoms with E-state index in [-0.39, 0.29) is 16.0 Å². The van der Waals surface area contributed by atoms with Crippen molar-refractivity contribution < 1.29 is 18.0 Å². The molecule has 1 aliphatic rings. The molecular weight excluding hydrogens is 434 g/mol. The Morgan fingerprint density at radius 2 is 1.74 bits per heavy atom. The zero-order valence-corrected chi connectivity index (χ0v) is 18.0. The van der Waals surface area contributed by atoms with Gasteiger partial charge in [-0.2, -0.15) is 8.42 Å². The Labute approximate surface area is 183 Å². The number of amides is 2. The number of carbonyl (C=O) groups excluding carboxylic acids is 2. The number of nitrogens with zero attached hydrogens (tertiary/aromatic N) is 1. The van der Waals surface area contributed by atoms with Crippen molar-refractivity contribution in [2.45, 2.75) is 11.8 Å². The van der Waals surface area contributed by atoms with Gasteiger partial charge in [-0.1, -0.05) is 48.5 Å². The largest absolute Gasteiger partial charge is 0.326 e. The van der Waals surface area contributed by atoms with Crippen LogP contribution in [0.5, 0.6) is 0 Å². The molecular formula is C22H17N3O4S2. The van der Waals surface area contributed by atoms with Crippen LogP contribution in [0.4, 0.5) is 5.69 Å². The Bertz CT molecular complexity index is 1360. The summed E-state index contributed by atoms with van der Waals surface area (Å²) in [5, 5.41) is 6.53. The molecule has 31 heavy (non-hydrogen) atoms. The van der Waals surface area contributed by atoms with Gasteiger partial charge in [0.15, 0.2) is 5.17 Å². The Morgan fingerprint density at radius 3 is 2.48 bits per heavy atom. The number of fused-ring (bicyclic) bond motifs is 1. The molecule has 2 amide bonds. The van der Waals surface area contributed by atoms with Crippen LogP contribution in [-0.4, -0.2) is 25.4 Å². The van der Waals surface area contributed by atoms with E-state index in [2.05, 4.69) is 15.0 Å². The molecule has 0 spiro atoms. The predicted molar refractivity (Wildman–Crippen MR) is 123 cm³/mol. The molecule has 1 fully saturated rings. The normalized spacial score (nSPS) is 16.6. The van der Waals surface area contributed by atoms with Crippen LogP contribution in [0.1, 0.15) is 12.5 Å². The van der Waals surface area contributed by atoms with E-state index in [0.717, 1.165) is 22.7 Å². The molecule has 0 atom stereocenters. The number of benzene rings is 3. The van der Waals surface area contributed by atoms with Gasteiger partial charge in [0.1, 0.15) is 0 Å². The standard InChI is InChI=1S/C22H17N3O4S2/c1-14(26)23-17-11-9-15(10-12-17)13-19-21(27)24-22(30-19)25-31(28,29)20-8-4-6-16-5-2-3-7-18(16)20/h2-13H,1H3,(H,23,26)(H,24,25,27). The van der Waals surface area contributed by atoms with Gasteiger partial charge < -0.3 is 5.32 Å². The lowest BCUT2D eigenvalue weighted by molar-refractivity contribution is -0.115. The fourth-order valence-corrected chi connectivity index (χ4v) is 5.28. The number of nitrogens with one attached hydrogen (secondary N) is 2. The van der Waals surface area contributed by atoms with Gasteiger partial charge >= 0.3 is 0 Å². The minimum absolute atomic E-state index is 0.000879. The first-order valence-corrected chi connectivity index (χ1v) is 11.5. The van der Waals surface area contributed by atoms with Crippen LogP contribution in [0.25, 0.3) is 16.8 Å². The quantitative estimate of drug-likeness (QED) is 0.588. The molecule has 9 heteroatoms.